The summed E-state index contributed by atoms with van der Waals surface area (Å²) in [6, 6.07) is 5.32. The molecule has 0 atom stereocenters. The topological polar surface area (TPSA) is 64.6 Å². The molecule has 0 saturated heterocycles. The summed E-state index contributed by atoms with van der Waals surface area (Å²) in [5, 5.41) is 2.23. The van der Waals surface area contributed by atoms with Crippen molar-refractivity contribution in [1.82, 2.24) is 0 Å². The molecule has 17 heteroatoms. The van der Waals surface area contributed by atoms with Crippen LogP contribution in [0.5, 0.6) is 11.5 Å². The number of hydrogen-bond acceptors (Lipinski definition) is 4. The Bertz CT molecular complexity index is 1530. The molecule has 0 radical (unpaired) electrons. The van der Waals surface area contributed by atoms with Crippen molar-refractivity contribution in [3.05, 3.63) is 86.9 Å². The van der Waals surface area contributed by atoms with Gasteiger partial charge < -0.3 is 14.8 Å². The number of para-hydroxylation sites is 1. The van der Waals surface area contributed by atoms with Gasteiger partial charge in [0.05, 0.1) is 23.9 Å². The number of alkyl halides is 9. The normalized spacial score (nSPS) is 12.3. The summed E-state index contributed by atoms with van der Waals surface area (Å²) in [5.74, 6) is -6.09. The zero-order valence-electron chi connectivity index (χ0n) is 21.1. The summed E-state index contributed by atoms with van der Waals surface area (Å²) in [7, 11) is 1.03. The average molecular weight is 694 g/mol. The first kappa shape index (κ1) is 33.6. The molecule has 3 rings (SSSR count). The van der Waals surface area contributed by atoms with E-state index in [2.05, 4.69) is 26.0 Å². The van der Waals surface area contributed by atoms with Crippen LogP contribution in [-0.2, 0) is 12.1 Å². The first-order valence-electron chi connectivity index (χ1n) is 11.4. The Morgan fingerprint density at radius 2 is 1.53 bits per heavy atom. The first-order chi connectivity index (χ1) is 19.8. The predicted octanol–water partition coefficient (Wildman–Crippen LogP) is 8.30. The number of methoxy groups -OCH3 is 1. The van der Waals surface area contributed by atoms with Crippen LogP contribution in [0.3, 0.4) is 0 Å². The average Bonchev–Trinajstić information content (AvgIpc) is 2.87. The molecule has 0 bridgehead atoms. The van der Waals surface area contributed by atoms with Crippen molar-refractivity contribution in [2.75, 3.05) is 12.4 Å². The van der Waals surface area contributed by atoms with Crippen LogP contribution >= 0.6 is 15.9 Å². The fraction of sp³-hybridized carbons (Fsp3) is 0.231. The zero-order valence-corrected chi connectivity index (χ0v) is 22.7. The molecular weight excluding hydrogens is 679 g/mol. The van der Waals surface area contributed by atoms with Crippen LogP contribution in [-0.4, -0.2) is 37.8 Å². The quantitative estimate of drug-likeness (QED) is 0.181. The minimum Gasteiger partial charge on any atom is -0.494 e. The highest BCUT2D eigenvalue weighted by Gasteiger charge is 2.73. The lowest BCUT2D eigenvalue weighted by molar-refractivity contribution is -0.348. The number of amides is 1. The Hall–Kier alpha value is -3.89. The van der Waals surface area contributed by atoms with Crippen molar-refractivity contribution in [3.8, 4) is 11.5 Å². The fourth-order valence-corrected chi connectivity index (χ4v) is 4.45. The van der Waals surface area contributed by atoms with Crippen LogP contribution in [0.25, 0.3) is 0 Å². The lowest BCUT2D eigenvalue weighted by Gasteiger charge is -2.31. The fourth-order valence-electron chi connectivity index (χ4n) is 3.86. The van der Waals surface area contributed by atoms with E-state index in [1.807, 2.05) is 0 Å². The number of carbonyl (C=O) groups excluding carboxylic acids is 2. The highest BCUT2D eigenvalue weighted by atomic mass is 79.9. The predicted molar refractivity (Wildman–Crippen MR) is 131 cm³/mol. The van der Waals surface area contributed by atoms with E-state index in [1.165, 1.54) is 12.1 Å². The third kappa shape index (κ3) is 6.86. The van der Waals surface area contributed by atoms with Gasteiger partial charge in [-0.25, -0.2) is 13.2 Å². The van der Waals surface area contributed by atoms with E-state index in [1.54, 1.807) is 0 Å². The van der Waals surface area contributed by atoms with Crippen molar-refractivity contribution in [2.45, 2.75) is 31.1 Å². The number of nitrogens with one attached hydrogen (secondary N) is 1. The summed E-state index contributed by atoms with van der Waals surface area (Å²) >= 11 is 2.61. The third-order valence-corrected chi connectivity index (χ3v) is 6.54. The van der Waals surface area contributed by atoms with Gasteiger partial charge in [0.1, 0.15) is 17.4 Å². The van der Waals surface area contributed by atoms with Gasteiger partial charge in [0.15, 0.2) is 11.5 Å². The molecule has 43 heavy (non-hydrogen) atoms. The molecular formula is C26H15BrF11NO4. The van der Waals surface area contributed by atoms with Gasteiger partial charge in [-0.3, -0.25) is 9.59 Å². The van der Waals surface area contributed by atoms with Crippen molar-refractivity contribution in [3.63, 3.8) is 0 Å². The van der Waals surface area contributed by atoms with Gasteiger partial charge in [-0.15, -0.1) is 0 Å². The SMILES string of the molecule is COc1c(NC(=O)c2ccc(F)cc2F)cccc1C(=O)Cc1c(Br)cc(C(F)(C(F)(F)F)C(F)(F)F)cc1OC(F)F. The van der Waals surface area contributed by atoms with Crippen LogP contribution in [0.2, 0.25) is 0 Å². The van der Waals surface area contributed by atoms with Crippen molar-refractivity contribution >= 4 is 33.3 Å². The monoisotopic (exact) mass is 693 g/mol. The molecule has 1 amide bonds. The minimum absolute atomic E-state index is 0.0209. The molecule has 0 aliphatic rings. The second-order valence-electron chi connectivity index (χ2n) is 8.53. The molecule has 5 nitrogen and oxygen atoms in total. The number of halogens is 12. The third-order valence-electron chi connectivity index (χ3n) is 5.83. The zero-order chi connectivity index (χ0) is 32.5. The van der Waals surface area contributed by atoms with Crippen molar-refractivity contribution < 1.29 is 67.4 Å². The highest BCUT2D eigenvalue weighted by molar-refractivity contribution is 9.10. The summed E-state index contributed by atoms with van der Waals surface area (Å²) in [6.07, 6.45) is -14.2. The lowest BCUT2D eigenvalue weighted by Crippen LogP contribution is -2.50. The van der Waals surface area contributed by atoms with Crippen LogP contribution in [0.4, 0.5) is 54.0 Å². The van der Waals surface area contributed by atoms with Crippen LogP contribution < -0.4 is 14.8 Å². The van der Waals surface area contributed by atoms with E-state index in [9.17, 15) is 57.9 Å². The molecule has 3 aromatic rings. The van der Waals surface area contributed by atoms with Gasteiger partial charge in [0.2, 0.25) is 0 Å². The number of rotatable bonds is 9. The van der Waals surface area contributed by atoms with Crippen molar-refractivity contribution in [2.24, 2.45) is 0 Å². The number of ketones is 1. The van der Waals surface area contributed by atoms with E-state index in [0.29, 0.717) is 6.07 Å². The van der Waals surface area contributed by atoms with E-state index in [4.69, 9.17) is 4.74 Å². The molecule has 0 aromatic heterocycles. The summed E-state index contributed by atoms with van der Waals surface area (Å²) in [6.45, 7) is -3.82. The van der Waals surface area contributed by atoms with Crippen LogP contribution in [0.15, 0.2) is 53.0 Å². The maximum atomic E-state index is 14.6. The van der Waals surface area contributed by atoms with E-state index in [0.717, 1.165) is 25.3 Å². The van der Waals surface area contributed by atoms with Gasteiger partial charge in [0, 0.05) is 28.1 Å². The molecule has 0 heterocycles. The van der Waals surface area contributed by atoms with Gasteiger partial charge in [-0.2, -0.15) is 35.1 Å². The summed E-state index contributed by atoms with van der Waals surface area (Å²) < 4.78 is 156. The lowest BCUT2D eigenvalue weighted by atomic mass is 9.91. The van der Waals surface area contributed by atoms with E-state index >= 15 is 0 Å². The second kappa shape index (κ2) is 12.4. The molecule has 0 saturated carbocycles. The maximum Gasteiger partial charge on any atom is 0.435 e. The molecule has 3 aromatic carbocycles. The second-order valence-corrected chi connectivity index (χ2v) is 9.39. The minimum atomic E-state index is -6.57. The van der Waals surface area contributed by atoms with Gasteiger partial charge >= 0.3 is 24.6 Å². The highest BCUT2D eigenvalue weighted by Crippen LogP contribution is 2.54. The Morgan fingerprint density at radius 3 is 2.07 bits per heavy atom. The molecule has 0 fully saturated rings. The maximum absolute atomic E-state index is 14.6. The van der Waals surface area contributed by atoms with Crippen LogP contribution in [0.1, 0.15) is 31.8 Å². The molecule has 0 aliphatic heterocycles. The van der Waals surface area contributed by atoms with E-state index < -0.39 is 81.3 Å². The first-order valence-corrected chi connectivity index (χ1v) is 12.2. The molecule has 0 spiro atoms. The summed E-state index contributed by atoms with van der Waals surface area (Å²) in [5.41, 5.74) is -10.1. The number of anilines is 1. The van der Waals surface area contributed by atoms with E-state index in [-0.39, 0.29) is 29.1 Å². The van der Waals surface area contributed by atoms with Gasteiger partial charge in [0.25, 0.3) is 5.91 Å². The Kier molecular flexibility index (Phi) is 9.68. The Morgan fingerprint density at radius 1 is 0.907 bits per heavy atom. The summed E-state index contributed by atoms with van der Waals surface area (Å²) in [4.78, 5) is 25.7. The number of Topliss-reactive ketones (excluding diaryl/α,β-unsaturated/α-hetero) is 1. The molecule has 232 valence electrons. The largest absolute Gasteiger partial charge is 0.494 e. The molecule has 0 unspecified atom stereocenters. The number of hydrogen-bond donors (Lipinski definition) is 1. The smallest absolute Gasteiger partial charge is 0.435 e. The Labute approximate surface area is 242 Å². The van der Waals surface area contributed by atoms with Gasteiger partial charge in [-0.05, 0) is 36.4 Å². The number of ether oxygens (including phenoxy) is 2. The molecule has 1 N–H and O–H groups in total. The van der Waals surface area contributed by atoms with Crippen molar-refractivity contribution in [1.29, 1.82) is 0 Å². The Balaban J connectivity index is 2.05. The van der Waals surface area contributed by atoms with Crippen LogP contribution in [0, 0.1) is 11.6 Å². The standard InChI is InChI=1S/C26H15BrF11NO4/c1-42-21-14(3-2-4-18(21)39-22(41)13-6-5-12(28)9-17(13)29)19(40)10-15-16(27)7-11(8-20(15)43-23(30)31)24(32,25(33,34)35)26(36,37)38/h2-9,23H,10H2,1H3,(H,39,41). The molecule has 0 aliphatic carbocycles. The van der Waals surface area contributed by atoms with Gasteiger partial charge in [-0.1, -0.05) is 22.0 Å². The number of carbonyl (C=O) groups is 2. The number of benzene rings is 3.